The highest BCUT2D eigenvalue weighted by Crippen LogP contribution is 2.29. The van der Waals surface area contributed by atoms with Crippen molar-refractivity contribution in [2.24, 2.45) is 0 Å². The number of anilines is 1. The molecule has 0 aliphatic rings. The molecule has 2 heterocycles. The Morgan fingerprint density at radius 1 is 1.48 bits per heavy atom. The Morgan fingerprint density at radius 3 is 2.74 bits per heavy atom. The fraction of sp³-hybridized carbons (Fsp3) is 0.462. The van der Waals surface area contributed by atoms with Gasteiger partial charge >= 0.3 is 6.18 Å². The molecular weight excluding hydrogens is 315 g/mol. The lowest BCUT2D eigenvalue weighted by Gasteiger charge is -2.13. The molecule has 1 N–H and O–H groups in total. The zero-order valence-electron chi connectivity index (χ0n) is 12.8. The van der Waals surface area contributed by atoms with Crippen molar-refractivity contribution in [3.63, 3.8) is 0 Å². The van der Waals surface area contributed by atoms with Crippen LogP contribution in [0.2, 0.25) is 0 Å². The Bertz CT molecular complexity index is 692. The summed E-state index contributed by atoms with van der Waals surface area (Å²) in [6.45, 7) is 3.15. The zero-order valence-corrected chi connectivity index (χ0v) is 12.8. The fourth-order valence-corrected chi connectivity index (χ4v) is 2.01. The van der Waals surface area contributed by atoms with Crippen LogP contribution >= 0.6 is 0 Å². The molecule has 0 aliphatic carbocycles. The first-order valence-electron chi connectivity index (χ1n) is 6.68. The molecule has 1 amide bonds. The van der Waals surface area contributed by atoms with E-state index in [2.05, 4.69) is 15.5 Å². The first-order chi connectivity index (χ1) is 10.7. The largest absolute Gasteiger partial charge is 0.435 e. The molecule has 1 unspecified atom stereocenters. The average molecular weight is 331 g/mol. The summed E-state index contributed by atoms with van der Waals surface area (Å²) in [5, 5.41) is 9.99. The summed E-state index contributed by atoms with van der Waals surface area (Å²) in [6, 6.07) is -0.00250. The highest BCUT2D eigenvalue weighted by atomic mass is 19.4. The van der Waals surface area contributed by atoms with Gasteiger partial charge in [-0.05, 0) is 19.9 Å². The SMILES string of the molecule is COCn1cc(NC(=O)C(C)n2nc(C(F)(F)F)cc2C)cn1. The van der Waals surface area contributed by atoms with E-state index in [0.29, 0.717) is 5.69 Å². The van der Waals surface area contributed by atoms with Crippen molar-refractivity contribution in [3.05, 3.63) is 29.8 Å². The third-order valence-corrected chi connectivity index (χ3v) is 3.12. The number of methoxy groups -OCH3 is 1. The van der Waals surface area contributed by atoms with Crippen LogP contribution in [-0.4, -0.2) is 32.6 Å². The van der Waals surface area contributed by atoms with Crippen molar-refractivity contribution in [3.8, 4) is 0 Å². The molecule has 0 radical (unpaired) electrons. The number of halogens is 3. The Hall–Kier alpha value is -2.36. The number of alkyl halides is 3. The van der Waals surface area contributed by atoms with E-state index >= 15 is 0 Å². The molecule has 2 rings (SSSR count). The number of nitrogens with zero attached hydrogens (tertiary/aromatic N) is 4. The van der Waals surface area contributed by atoms with Crippen molar-refractivity contribution in [2.45, 2.75) is 32.8 Å². The van der Waals surface area contributed by atoms with Gasteiger partial charge in [0, 0.05) is 12.8 Å². The van der Waals surface area contributed by atoms with Crippen LogP contribution in [-0.2, 0) is 22.4 Å². The average Bonchev–Trinajstić information content (AvgIpc) is 3.04. The predicted octanol–water partition coefficient (Wildman–Crippen LogP) is 2.21. The fourth-order valence-electron chi connectivity index (χ4n) is 2.01. The second kappa shape index (κ2) is 6.41. The minimum atomic E-state index is -4.55. The maximum atomic E-state index is 12.7. The third-order valence-electron chi connectivity index (χ3n) is 3.12. The van der Waals surface area contributed by atoms with E-state index < -0.39 is 23.8 Å². The third kappa shape index (κ3) is 3.89. The molecule has 1 atom stereocenters. The van der Waals surface area contributed by atoms with Crippen molar-refractivity contribution in [1.82, 2.24) is 19.6 Å². The van der Waals surface area contributed by atoms with Crippen LogP contribution < -0.4 is 5.32 Å². The minimum absolute atomic E-state index is 0.221. The maximum Gasteiger partial charge on any atom is 0.435 e. The van der Waals surface area contributed by atoms with Crippen LogP contribution in [0, 0.1) is 6.92 Å². The molecule has 2 aromatic rings. The normalized spacial score (nSPS) is 13.1. The predicted molar refractivity (Wildman–Crippen MR) is 74.5 cm³/mol. The molecule has 126 valence electrons. The Labute approximate surface area is 130 Å². The van der Waals surface area contributed by atoms with Gasteiger partial charge in [-0.25, -0.2) is 4.68 Å². The number of hydrogen-bond donors (Lipinski definition) is 1. The molecule has 0 saturated carbocycles. The summed E-state index contributed by atoms with van der Waals surface area (Å²) in [5.41, 5.74) is -0.364. The number of amides is 1. The lowest BCUT2D eigenvalue weighted by molar-refractivity contribution is -0.141. The topological polar surface area (TPSA) is 74.0 Å². The number of carbonyl (C=O) groups excluding carboxylic acids is 1. The zero-order chi connectivity index (χ0) is 17.2. The molecule has 0 aromatic carbocycles. The number of nitrogens with one attached hydrogen (secondary N) is 1. The smallest absolute Gasteiger partial charge is 0.362 e. The number of hydrogen-bond acceptors (Lipinski definition) is 4. The summed E-state index contributed by atoms with van der Waals surface area (Å²) >= 11 is 0. The number of aromatic nitrogens is 4. The van der Waals surface area contributed by atoms with E-state index in [0.717, 1.165) is 10.7 Å². The second-order valence-corrected chi connectivity index (χ2v) is 4.96. The molecule has 0 fully saturated rings. The van der Waals surface area contributed by atoms with Crippen LogP contribution in [0.25, 0.3) is 0 Å². The Kier molecular flexibility index (Phi) is 4.73. The summed E-state index contributed by atoms with van der Waals surface area (Å²) in [7, 11) is 1.50. The van der Waals surface area contributed by atoms with Crippen LogP contribution in [0.3, 0.4) is 0 Å². The van der Waals surface area contributed by atoms with Crippen LogP contribution in [0.5, 0.6) is 0 Å². The summed E-state index contributed by atoms with van der Waals surface area (Å²) in [4.78, 5) is 12.2. The molecular formula is C13H16F3N5O2. The van der Waals surface area contributed by atoms with E-state index in [4.69, 9.17) is 4.74 Å². The lowest BCUT2D eigenvalue weighted by atomic mass is 10.3. The van der Waals surface area contributed by atoms with E-state index in [1.165, 1.54) is 31.8 Å². The highest BCUT2D eigenvalue weighted by Gasteiger charge is 2.35. The van der Waals surface area contributed by atoms with Crippen LogP contribution in [0.4, 0.5) is 18.9 Å². The molecule has 7 nitrogen and oxygen atoms in total. The molecule has 23 heavy (non-hydrogen) atoms. The van der Waals surface area contributed by atoms with Gasteiger partial charge < -0.3 is 10.1 Å². The quantitative estimate of drug-likeness (QED) is 0.912. The van der Waals surface area contributed by atoms with Crippen molar-refractivity contribution in [2.75, 3.05) is 12.4 Å². The summed E-state index contributed by atoms with van der Waals surface area (Å²) < 4.78 is 45.4. The summed E-state index contributed by atoms with van der Waals surface area (Å²) in [6.07, 6.45) is -1.58. The van der Waals surface area contributed by atoms with Gasteiger partial charge in [0.05, 0.1) is 18.1 Å². The van der Waals surface area contributed by atoms with E-state index in [-0.39, 0.29) is 12.4 Å². The van der Waals surface area contributed by atoms with Gasteiger partial charge in [-0.15, -0.1) is 0 Å². The van der Waals surface area contributed by atoms with Gasteiger partial charge in [-0.2, -0.15) is 23.4 Å². The van der Waals surface area contributed by atoms with E-state index in [1.807, 2.05) is 0 Å². The van der Waals surface area contributed by atoms with Crippen LogP contribution in [0.1, 0.15) is 24.4 Å². The molecule has 0 spiro atoms. The first kappa shape index (κ1) is 17.0. The molecule has 2 aromatic heterocycles. The standard InChI is InChI=1S/C13H16F3N5O2/c1-8-4-11(13(14,15)16)19-21(8)9(2)12(22)18-10-5-17-20(6-10)7-23-3/h4-6,9H,7H2,1-3H3,(H,18,22). The lowest BCUT2D eigenvalue weighted by Crippen LogP contribution is -2.25. The van der Waals surface area contributed by atoms with Gasteiger partial charge in [0.25, 0.3) is 0 Å². The molecule has 0 aliphatic heterocycles. The van der Waals surface area contributed by atoms with Gasteiger partial charge in [0.15, 0.2) is 5.69 Å². The van der Waals surface area contributed by atoms with Gasteiger partial charge in [0.2, 0.25) is 5.91 Å². The van der Waals surface area contributed by atoms with Crippen molar-refractivity contribution in [1.29, 1.82) is 0 Å². The molecule has 0 bridgehead atoms. The van der Waals surface area contributed by atoms with Crippen LogP contribution in [0.15, 0.2) is 18.5 Å². The van der Waals surface area contributed by atoms with Gasteiger partial charge in [-0.1, -0.05) is 0 Å². The van der Waals surface area contributed by atoms with E-state index in [9.17, 15) is 18.0 Å². The first-order valence-corrected chi connectivity index (χ1v) is 6.68. The second-order valence-electron chi connectivity index (χ2n) is 4.96. The van der Waals surface area contributed by atoms with Gasteiger partial charge in [0.1, 0.15) is 12.8 Å². The monoisotopic (exact) mass is 331 g/mol. The number of ether oxygens (including phenoxy) is 1. The summed E-state index contributed by atoms with van der Waals surface area (Å²) in [5.74, 6) is -0.498. The molecule has 10 heteroatoms. The van der Waals surface area contributed by atoms with Gasteiger partial charge in [-0.3, -0.25) is 9.48 Å². The van der Waals surface area contributed by atoms with Crippen molar-refractivity contribution >= 4 is 11.6 Å². The van der Waals surface area contributed by atoms with Crippen molar-refractivity contribution < 1.29 is 22.7 Å². The Balaban J connectivity index is 2.11. The highest BCUT2D eigenvalue weighted by molar-refractivity contribution is 5.93. The molecule has 0 saturated heterocycles. The van der Waals surface area contributed by atoms with E-state index in [1.54, 1.807) is 6.20 Å². The maximum absolute atomic E-state index is 12.7. The number of rotatable bonds is 5. The minimum Gasteiger partial charge on any atom is -0.362 e. The Morgan fingerprint density at radius 2 is 2.17 bits per heavy atom. The number of carbonyl (C=O) groups is 1. The number of aryl methyl sites for hydroxylation is 1.